The number of nitrogens with zero attached hydrogens (tertiary/aromatic N) is 1. The third-order valence-electron chi connectivity index (χ3n) is 4.38. The molecule has 2 heterocycles. The monoisotopic (exact) mass is 342 g/mol. The standard InChI is InChI=1S/C19H22N2O4/c1-12(11-24-2)20-19(23)16-10-21-7-6-13-4-5-14(25-3)8-15(13)17(21)9-18(16)22/h4-5,8-10,12H,6-7,11H2,1-3H3,(H,20,23). The van der Waals surface area contributed by atoms with Gasteiger partial charge in [0, 0.05) is 37.5 Å². The summed E-state index contributed by atoms with van der Waals surface area (Å²) in [6, 6.07) is 7.25. The predicted molar refractivity (Wildman–Crippen MR) is 95.2 cm³/mol. The molecule has 0 radical (unpaired) electrons. The summed E-state index contributed by atoms with van der Waals surface area (Å²) in [6.07, 6.45) is 2.49. The second kappa shape index (κ2) is 7.11. The molecular formula is C19H22N2O4. The fourth-order valence-electron chi connectivity index (χ4n) is 3.13. The molecule has 1 aromatic heterocycles. The number of hydrogen-bond acceptors (Lipinski definition) is 4. The highest BCUT2D eigenvalue weighted by Crippen LogP contribution is 2.31. The first-order valence-electron chi connectivity index (χ1n) is 8.25. The number of amides is 1. The van der Waals surface area contributed by atoms with Gasteiger partial charge < -0.3 is 19.4 Å². The Morgan fingerprint density at radius 3 is 2.84 bits per heavy atom. The maximum absolute atomic E-state index is 12.5. The summed E-state index contributed by atoms with van der Waals surface area (Å²) in [7, 11) is 3.19. The van der Waals surface area contributed by atoms with E-state index in [1.807, 2.05) is 29.7 Å². The Morgan fingerprint density at radius 2 is 2.12 bits per heavy atom. The molecule has 2 aromatic rings. The highest BCUT2D eigenvalue weighted by Gasteiger charge is 2.20. The van der Waals surface area contributed by atoms with Crippen molar-refractivity contribution in [1.29, 1.82) is 0 Å². The lowest BCUT2D eigenvalue weighted by molar-refractivity contribution is 0.0903. The molecule has 0 spiro atoms. The van der Waals surface area contributed by atoms with E-state index in [-0.39, 0.29) is 22.9 Å². The summed E-state index contributed by atoms with van der Waals surface area (Å²) >= 11 is 0. The van der Waals surface area contributed by atoms with Crippen LogP contribution < -0.4 is 15.5 Å². The molecule has 1 atom stereocenters. The minimum atomic E-state index is -0.374. The summed E-state index contributed by atoms with van der Waals surface area (Å²) in [4.78, 5) is 24.9. The molecule has 0 saturated carbocycles. The van der Waals surface area contributed by atoms with Crippen molar-refractivity contribution in [2.24, 2.45) is 0 Å². The second-order valence-electron chi connectivity index (χ2n) is 6.23. The third kappa shape index (κ3) is 3.44. The van der Waals surface area contributed by atoms with Crippen LogP contribution in [0.15, 0.2) is 35.3 Å². The summed E-state index contributed by atoms with van der Waals surface area (Å²) in [5.74, 6) is 0.371. The van der Waals surface area contributed by atoms with Gasteiger partial charge in [-0.2, -0.15) is 0 Å². The van der Waals surface area contributed by atoms with E-state index in [4.69, 9.17) is 9.47 Å². The molecule has 132 valence electrons. The van der Waals surface area contributed by atoms with Crippen LogP contribution in [-0.2, 0) is 17.7 Å². The zero-order chi connectivity index (χ0) is 18.0. The zero-order valence-electron chi connectivity index (χ0n) is 14.7. The molecule has 6 nitrogen and oxygen atoms in total. The molecule has 1 aromatic carbocycles. The van der Waals surface area contributed by atoms with Gasteiger partial charge in [0.1, 0.15) is 11.3 Å². The van der Waals surface area contributed by atoms with Crippen molar-refractivity contribution in [1.82, 2.24) is 9.88 Å². The Labute approximate surface area is 146 Å². The Hall–Kier alpha value is -2.60. The van der Waals surface area contributed by atoms with E-state index >= 15 is 0 Å². The maximum Gasteiger partial charge on any atom is 0.257 e. The van der Waals surface area contributed by atoms with E-state index in [0.717, 1.165) is 30.0 Å². The Balaban J connectivity index is 1.97. The van der Waals surface area contributed by atoms with Crippen molar-refractivity contribution < 1.29 is 14.3 Å². The first-order chi connectivity index (χ1) is 12.0. The van der Waals surface area contributed by atoms with Crippen molar-refractivity contribution in [3.05, 3.63) is 51.8 Å². The second-order valence-corrected chi connectivity index (χ2v) is 6.23. The number of ether oxygens (including phenoxy) is 2. The van der Waals surface area contributed by atoms with Crippen LogP contribution in [0, 0.1) is 0 Å². The van der Waals surface area contributed by atoms with Gasteiger partial charge in [-0.1, -0.05) is 6.07 Å². The normalized spacial score (nSPS) is 13.6. The third-order valence-corrected chi connectivity index (χ3v) is 4.38. The van der Waals surface area contributed by atoms with Crippen molar-refractivity contribution in [3.8, 4) is 17.0 Å². The molecule has 1 aliphatic rings. The number of rotatable bonds is 5. The lowest BCUT2D eigenvalue weighted by Crippen LogP contribution is -2.38. The van der Waals surface area contributed by atoms with Gasteiger partial charge in [-0.25, -0.2) is 0 Å². The van der Waals surface area contributed by atoms with Crippen molar-refractivity contribution >= 4 is 5.91 Å². The number of pyridine rings is 1. The number of aryl methyl sites for hydroxylation is 2. The number of carbonyl (C=O) groups excluding carboxylic acids is 1. The topological polar surface area (TPSA) is 69.6 Å². The van der Waals surface area contributed by atoms with Crippen LogP contribution in [0.25, 0.3) is 11.3 Å². The quantitative estimate of drug-likeness (QED) is 0.900. The fourth-order valence-corrected chi connectivity index (χ4v) is 3.13. The summed E-state index contributed by atoms with van der Waals surface area (Å²) in [5.41, 5.74) is 2.82. The first kappa shape index (κ1) is 17.2. The molecule has 0 aliphatic carbocycles. The van der Waals surface area contributed by atoms with E-state index < -0.39 is 0 Å². The van der Waals surface area contributed by atoms with E-state index in [2.05, 4.69) is 5.32 Å². The smallest absolute Gasteiger partial charge is 0.257 e. The lowest BCUT2D eigenvalue weighted by Gasteiger charge is -2.23. The van der Waals surface area contributed by atoms with Crippen LogP contribution in [0.5, 0.6) is 5.75 Å². The van der Waals surface area contributed by atoms with E-state index in [1.165, 1.54) is 11.6 Å². The molecule has 0 fully saturated rings. The van der Waals surface area contributed by atoms with Crippen molar-refractivity contribution in [3.63, 3.8) is 0 Å². The zero-order valence-corrected chi connectivity index (χ0v) is 14.7. The lowest BCUT2D eigenvalue weighted by atomic mass is 9.96. The van der Waals surface area contributed by atoms with E-state index in [0.29, 0.717) is 6.61 Å². The highest BCUT2D eigenvalue weighted by molar-refractivity contribution is 5.94. The van der Waals surface area contributed by atoms with Gasteiger partial charge in [0.25, 0.3) is 5.91 Å². The SMILES string of the molecule is COCC(C)NC(=O)c1cn2c(cc1=O)-c1cc(OC)ccc1CC2. The molecule has 0 bridgehead atoms. The minimum absolute atomic E-state index is 0.151. The minimum Gasteiger partial charge on any atom is -0.497 e. The molecular weight excluding hydrogens is 320 g/mol. The Bertz CT molecular complexity index is 857. The van der Waals surface area contributed by atoms with Crippen molar-refractivity contribution in [2.75, 3.05) is 20.8 Å². The van der Waals surface area contributed by atoms with Gasteiger partial charge in [0.2, 0.25) is 0 Å². The number of fused-ring (bicyclic) bond motifs is 3. The number of carbonyl (C=O) groups is 1. The number of hydrogen-bond donors (Lipinski definition) is 1. The average Bonchev–Trinajstić information content (AvgIpc) is 2.60. The molecule has 25 heavy (non-hydrogen) atoms. The molecule has 1 unspecified atom stereocenters. The fraction of sp³-hybridized carbons (Fsp3) is 0.368. The Kier molecular flexibility index (Phi) is 4.90. The predicted octanol–water partition coefficient (Wildman–Crippen LogP) is 1.84. The first-order valence-corrected chi connectivity index (χ1v) is 8.25. The highest BCUT2D eigenvalue weighted by atomic mass is 16.5. The van der Waals surface area contributed by atoms with Crippen LogP contribution in [0.4, 0.5) is 0 Å². The molecule has 3 rings (SSSR count). The van der Waals surface area contributed by atoms with Crippen LogP contribution in [0.1, 0.15) is 22.8 Å². The van der Waals surface area contributed by atoms with Crippen LogP contribution in [-0.4, -0.2) is 37.3 Å². The molecule has 0 saturated heterocycles. The number of aromatic nitrogens is 1. The molecule has 1 amide bonds. The van der Waals surface area contributed by atoms with Gasteiger partial charge in [0.05, 0.1) is 19.4 Å². The molecule has 1 aliphatic heterocycles. The largest absolute Gasteiger partial charge is 0.497 e. The number of methoxy groups -OCH3 is 2. The van der Waals surface area contributed by atoms with Crippen LogP contribution in [0.2, 0.25) is 0 Å². The van der Waals surface area contributed by atoms with Gasteiger partial charge in [-0.15, -0.1) is 0 Å². The van der Waals surface area contributed by atoms with Gasteiger partial charge in [-0.05, 0) is 31.0 Å². The molecule has 6 heteroatoms. The number of nitrogens with one attached hydrogen (secondary N) is 1. The van der Waals surface area contributed by atoms with Crippen LogP contribution >= 0.6 is 0 Å². The van der Waals surface area contributed by atoms with Crippen LogP contribution in [0.3, 0.4) is 0 Å². The average molecular weight is 342 g/mol. The summed E-state index contributed by atoms with van der Waals surface area (Å²) < 4.78 is 12.3. The van der Waals surface area contributed by atoms with Crippen molar-refractivity contribution in [2.45, 2.75) is 25.9 Å². The van der Waals surface area contributed by atoms with Gasteiger partial charge in [0.15, 0.2) is 5.43 Å². The van der Waals surface area contributed by atoms with E-state index in [9.17, 15) is 9.59 Å². The Morgan fingerprint density at radius 1 is 1.32 bits per heavy atom. The van der Waals surface area contributed by atoms with E-state index in [1.54, 1.807) is 20.4 Å². The maximum atomic E-state index is 12.5. The molecule has 1 N–H and O–H groups in total. The summed E-state index contributed by atoms with van der Waals surface area (Å²) in [6.45, 7) is 2.95. The van der Waals surface area contributed by atoms with Gasteiger partial charge >= 0.3 is 0 Å². The van der Waals surface area contributed by atoms with Gasteiger partial charge in [-0.3, -0.25) is 9.59 Å². The summed E-state index contributed by atoms with van der Waals surface area (Å²) in [5, 5.41) is 2.78. The number of benzene rings is 1.